The number of nitrogens with zero attached hydrogens (tertiary/aromatic N) is 1. The van der Waals surface area contributed by atoms with Crippen LogP contribution in [0.5, 0.6) is 0 Å². The molecule has 76 valence electrons. The maximum absolute atomic E-state index is 13.2. The SMILES string of the molecule is O=C(c1ccncc1F)c1sccc1Cl. The highest BCUT2D eigenvalue weighted by atomic mass is 35.5. The van der Waals surface area contributed by atoms with Gasteiger partial charge in [0.2, 0.25) is 5.78 Å². The Kier molecular flexibility index (Phi) is 2.79. The zero-order valence-electron chi connectivity index (χ0n) is 7.41. The molecule has 2 rings (SSSR count). The molecule has 0 atom stereocenters. The Bertz CT molecular complexity index is 512. The average Bonchev–Trinajstić information content (AvgIpc) is 2.64. The van der Waals surface area contributed by atoms with Crippen LogP contribution in [-0.2, 0) is 0 Å². The maximum Gasteiger partial charge on any atom is 0.207 e. The van der Waals surface area contributed by atoms with Crippen LogP contribution in [-0.4, -0.2) is 10.8 Å². The fourth-order valence-electron chi connectivity index (χ4n) is 1.14. The number of carbonyl (C=O) groups excluding carboxylic acids is 1. The van der Waals surface area contributed by atoms with Crippen LogP contribution in [0, 0.1) is 5.82 Å². The molecule has 2 aromatic heterocycles. The molecule has 0 unspecified atom stereocenters. The molecule has 0 fully saturated rings. The van der Waals surface area contributed by atoms with Gasteiger partial charge in [-0.25, -0.2) is 4.39 Å². The van der Waals surface area contributed by atoms with E-state index in [0.29, 0.717) is 9.90 Å². The summed E-state index contributed by atoms with van der Waals surface area (Å²) in [5.41, 5.74) is -0.00523. The van der Waals surface area contributed by atoms with Gasteiger partial charge in [0.15, 0.2) is 5.82 Å². The topological polar surface area (TPSA) is 30.0 Å². The lowest BCUT2D eigenvalue weighted by molar-refractivity contribution is 0.103. The van der Waals surface area contributed by atoms with E-state index in [2.05, 4.69) is 4.98 Å². The van der Waals surface area contributed by atoms with Crippen molar-refractivity contribution in [3.8, 4) is 0 Å². The summed E-state index contributed by atoms with van der Waals surface area (Å²) in [6, 6.07) is 2.95. The number of halogens is 2. The number of hydrogen-bond acceptors (Lipinski definition) is 3. The Hall–Kier alpha value is -1.26. The summed E-state index contributed by atoms with van der Waals surface area (Å²) in [4.78, 5) is 15.7. The number of hydrogen-bond donors (Lipinski definition) is 0. The lowest BCUT2D eigenvalue weighted by Gasteiger charge is -1.99. The van der Waals surface area contributed by atoms with Crippen LogP contribution in [0.25, 0.3) is 0 Å². The van der Waals surface area contributed by atoms with Crippen LogP contribution in [0.4, 0.5) is 4.39 Å². The fourth-order valence-corrected chi connectivity index (χ4v) is 2.23. The third-order valence-electron chi connectivity index (χ3n) is 1.84. The van der Waals surface area contributed by atoms with Crippen molar-refractivity contribution >= 4 is 28.7 Å². The minimum absolute atomic E-state index is 0.00523. The van der Waals surface area contributed by atoms with Gasteiger partial charge < -0.3 is 0 Å². The van der Waals surface area contributed by atoms with Gasteiger partial charge in [-0.2, -0.15) is 0 Å². The van der Waals surface area contributed by atoms with Crippen LogP contribution < -0.4 is 0 Å². The summed E-state index contributed by atoms with van der Waals surface area (Å²) in [5.74, 6) is -1.04. The van der Waals surface area contributed by atoms with E-state index < -0.39 is 11.6 Å². The van der Waals surface area contributed by atoms with Crippen molar-refractivity contribution in [2.75, 3.05) is 0 Å². The van der Waals surface area contributed by atoms with E-state index in [4.69, 9.17) is 11.6 Å². The first-order valence-electron chi connectivity index (χ1n) is 4.07. The van der Waals surface area contributed by atoms with Crippen LogP contribution in [0.1, 0.15) is 15.2 Å². The molecule has 2 nitrogen and oxygen atoms in total. The Balaban J connectivity index is 2.46. The van der Waals surface area contributed by atoms with E-state index in [1.165, 1.54) is 23.6 Å². The van der Waals surface area contributed by atoms with Crippen molar-refractivity contribution in [3.05, 3.63) is 51.2 Å². The number of ketones is 1. The molecular formula is C10H5ClFNOS. The number of rotatable bonds is 2. The Morgan fingerprint density at radius 2 is 2.27 bits per heavy atom. The summed E-state index contributed by atoms with van der Waals surface area (Å²) in [7, 11) is 0. The molecule has 0 N–H and O–H groups in total. The zero-order valence-corrected chi connectivity index (χ0v) is 8.98. The molecule has 0 aliphatic rings. The van der Waals surface area contributed by atoms with Crippen molar-refractivity contribution in [3.63, 3.8) is 0 Å². The highest BCUT2D eigenvalue weighted by molar-refractivity contribution is 7.13. The van der Waals surface area contributed by atoms with Gasteiger partial charge in [-0.15, -0.1) is 11.3 Å². The predicted octanol–water partition coefficient (Wildman–Crippen LogP) is 3.17. The molecule has 0 saturated carbocycles. The fraction of sp³-hybridized carbons (Fsp3) is 0. The van der Waals surface area contributed by atoms with Crippen LogP contribution in [0.3, 0.4) is 0 Å². The molecule has 0 bridgehead atoms. The van der Waals surface area contributed by atoms with Gasteiger partial charge in [0.25, 0.3) is 0 Å². The molecular weight excluding hydrogens is 237 g/mol. The minimum Gasteiger partial charge on any atom is -0.288 e. The summed E-state index contributed by atoms with van der Waals surface area (Å²) in [6.07, 6.45) is 2.38. The van der Waals surface area contributed by atoms with Crippen molar-refractivity contribution in [1.29, 1.82) is 0 Å². The lowest BCUT2D eigenvalue weighted by atomic mass is 10.1. The molecule has 2 aromatic rings. The molecule has 0 saturated heterocycles. The summed E-state index contributed by atoms with van der Waals surface area (Å²) in [5, 5.41) is 2.04. The number of aromatic nitrogens is 1. The molecule has 0 spiro atoms. The zero-order chi connectivity index (χ0) is 10.8. The van der Waals surface area contributed by atoms with Gasteiger partial charge in [0.1, 0.15) is 0 Å². The highest BCUT2D eigenvalue weighted by Gasteiger charge is 2.17. The summed E-state index contributed by atoms with van der Waals surface area (Å²) >= 11 is 6.98. The van der Waals surface area contributed by atoms with Crippen molar-refractivity contribution in [2.45, 2.75) is 0 Å². The van der Waals surface area contributed by atoms with Gasteiger partial charge in [-0.05, 0) is 17.5 Å². The number of thiophene rings is 1. The standard InChI is InChI=1S/C10H5ClFNOS/c11-7-2-4-15-10(7)9(14)6-1-3-13-5-8(6)12/h1-5H. The van der Waals surface area contributed by atoms with Gasteiger partial charge >= 0.3 is 0 Å². The molecule has 0 aliphatic heterocycles. The first-order valence-corrected chi connectivity index (χ1v) is 5.33. The van der Waals surface area contributed by atoms with E-state index in [1.54, 1.807) is 11.4 Å². The average molecular weight is 242 g/mol. The van der Waals surface area contributed by atoms with Crippen molar-refractivity contribution in [2.24, 2.45) is 0 Å². The second-order valence-electron chi connectivity index (χ2n) is 2.78. The summed E-state index contributed by atoms with van der Waals surface area (Å²) < 4.78 is 13.2. The maximum atomic E-state index is 13.2. The molecule has 0 amide bonds. The lowest BCUT2D eigenvalue weighted by Crippen LogP contribution is -2.02. The minimum atomic E-state index is -0.632. The van der Waals surface area contributed by atoms with E-state index >= 15 is 0 Å². The van der Waals surface area contributed by atoms with Crippen molar-refractivity contribution < 1.29 is 9.18 Å². The monoisotopic (exact) mass is 241 g/mol. The van der Waals surface area contributed by atoms with E-state index in [9.17, 15) is 9.18 Å². The molecule has 5 heteroatoms. The third kappa shape index (κ3) is 1.91. The summed E-state index contributed by atoms with van der Waals surface area (Å²) in [6.45, 7) is 0. The quantitative estimate of drug-likeness (QED) is 0.756. The van der Waals surface area contributed by atoms with Crippen LogP contribution in [0.2, 0.25) is 5.02 Å². The van der Waals surface area contributed by atoms with Gasteiger partial charge in [-0.3, -0.25) is 9.78 Å². The first kappa shape index (κ1) is 10.3. The van der Waals surface area contributed by atoms with Gasteiger partial charge in [0, 0.05) is 6.20 Å². The Morgan fingerprint density at radius 3 is 2.87 bits per heavy atom. The highest BCUT2D eigenvalue weighted by Crippen LogP contribution is 2.25. The van der Waals surface area contributed by atoms with E-state index in [0.717, 1.165) is 6.20 Å². The van der Waals surface area contributed by atoms with Crippen LogP contribution in [0.15, 0.2) is 29.9 Å². The largest absolute Gasteiger partial charge is 0.288 e. The normalized spacial score (nSPS) is 10.3. The molecule has 0 aromatic carbocycles. The second-order valence-corrected chi connectivity index (χ2v) is 4.11. The van der Waals surface area contributed by atoms with E-state index in [-0.39, 0.29) is 5.56 Å². The van der Waals surface area contributed by atoms with Crippen LogP contribution >= 0.6 is 22.9 Å². The smallest absolute Gasteiger partial charge is 0.207 e. The third-order valence-corrected chi connectivity index (χ3v) is 3.18. The van der Waals surface area contributed by atoms with Crippen molar-refractivity contribution in [1.82, 2.24) is 4.98 Å². The molecule has 2 heterocycles. The van der Waals surface area contributed by atoms with Gasteiger partial charge in [0.05, 0.1) is 21.7 Å². The Labute approximate surface area is 94.3 Å². The predicted molar refractivity (Wildman–Crippen MR) is 57.0 cm³/mol. The molecule has 0 aliphatic carbocycles. The van der Waals surface area contributed by atoms with Gasteiger partial charge in [-0.1, -0.05) is 11.6 Å². The number of pyridine rings is 1. The number of carbonyl (C=O) groups is 1. The molecule has 15 heavy (non-hydrogen) atoms. The molecule has 0 radical (unpaired) electrons. The first-order chi connectivity index (χ1) is 7.20. The van der Waals surface area contributed by atoms with E-state index in [1.807, 2.05) is 0 Å². The Morgan fingerprint density at radius 1 is 1.47 bits per heavy atom. The second kappa shape index (κ2) is 4.08.